The Kier molecular flexibility index (Phi) is 6.15. The Morgan fingerprint density at radius 2 is 1.79 bits per heavy atom. The van der Waals surface area contributed by atoms with Crippen LogP contribution in [0.3, 0.4) is 0 Å². The fourth-order valence-corrected chi connectivity index (χ4v) is 3.35. The molecule has 29 heavy (non-hydrogen) atoms. The summed E-state index contributed by atoms with van der Waals surface area (Å²) in [6, 6.07) is 14.0. The number of aromatic nitrogens is 1. The van der Waals surface area contributed by atoms with Gasteiger partial charge in [-0.1, -0.05) is 41.0 Å². The van der Waals surface area contributed by atoms with Gasteiger partial charge in [0, 0.05) is 16.1 Å². The third-order valence-electron chi connectivity index (χ3n) is 4.23. The Labute approximate surface area is 177 Å². The summed E-state index contributed by atoms with van der Waals surface area (Å²) in [6.45, 7) is 7.30. The SMILES string of the molecule is Cc1onc(C=NS(=O)C(C)(C)C)c1-c1ccccc1C(=O)c1ccc(Cl)cc1. The van der Waals surface area contributed by atoms with Crippen LogP contribution in [0.15, 0.2) is 57.5 Å². The molecule has 0 spiro atoms. The second kappa shape index (κ2) is 8.43. The van der Waals surface area contributed by atoms with Gasteiger partial charge in [-0.25, -0.2) is 4.21 Å². The Balaban J connectivity index is 2.06. The minimum Gasteiger partial charge on any atom is -0.360 e. The smallest absolute Gasteiger partial charge is 0.193 e. The van der Waals surface area contributed by atoms with E-state index in [1.807, 2.05) is 32.9 Å². The summed E-state index contributed by atoms with van der Waals surface area (Å²) in [5.41, 5.74) is 2.79. The molecule has 0 bridgehead atoms. The van der Waals surface area contributed by atoms with E-state index >= 15 is 0 Å². The molecule has 0 aliphatic carbocycles. The lowest BCUT2D eigenvalue weighted by atomic mass is 9.93. The molecule has 0 N–H and O–H groups in total. The lowest BCUT2D eigenvalue weighted by Crippen LogP contribution is -2.19. The first-order chi connectivity index (χ1) is 13.7. The highest BCUT2D eigenvalue weighted by atomic mass is 35.5. The quantitative estimate of drug-likeness (QED) is 0.402. The molecule has 0 aliphatic heterocycles. The number of carbonyl (C=O) groups excluding carboxylic acids is 1. The summed E-state index contributed by atoms with van der Waals surface area (Å²) >= 11 is 5.94. The molecule has 5 nitrogen and oxygen atoms in total. The molecular formula is C22H21ClN2O3S. The van der Waals surface area contributed by atoms with Crippen LogP contribution in [0.5, 0.6) is 0 Å². The van der Waals surface area contributed by atoms with Gasteiger partial charge < -0.3 is 4.52 Å². The molecule has 0 radical (unpaired) electrons. The molecule has 0 amide bonds. The summed E-state index contributed by atoms with van der Waals surface area (Å²) in [5, 5.41) is 4.61. The maximum atomic E-state index is 13.1. The van der Waals surface area contributed by atoms with Crippen molar-refractivity contribution in [1.82, 2.24) is 5.16 Å². The van der Waals surface area contributed by atoms with E-state index < -0.39 is 15.7 Å². The fraction of sp³-hybridized carbons (Fsp3) is 0.227. The van der Waals surface area contributed by atoms with E-state index in [0.29, 0.717) is 38.7 Å². The Morgan fingerprint density at radius 1 is 1.14 bits per heavy atom. The number of aryl methyl sites for hydroxylation is 1. The zero-order valence-corrected chi connectivity index (χ0v) is 18.2. The van der Waals surface area contributed by atoms with Crippen LogP contribution in [0.2, 0.25) is 5.02 Å². The number of ketones is 1. The fourth-order valence-electron chi connectivity index (χ4n) is 2.72. The van der Waals surface area contributed by atoms with Crippen LogP contribution < -0.4 is 0 Å². The van der Waals surface area contributed by atoms with Crippen molar-refractivity contribution in [2.24, 2.45) is 4.40 Å². The third kappa shape index (κ3) is 4.71. The van der Waals surface area contributed by atoms with Gasteiger partial charge in [-0.3, -0.25) is 4.79 Å². The van der Waals surface area contributed by atoms with E-state index in [1.54, 1.807) is 43.3 Å². The summed E-state index contributed by atoms with van der Waals surface area (Å²) in [6.07, 6.45) is 1.44. The van der Waals surface area contributed by atoms with Crippen molar-refractivity contribution >= 4 is 34.6 Å². The maximum absolute atomic E-state index is 13.1. The van der Waals surface area contributed by atoms with Crippen LogP contribution in [-0.4, -0.2) is 26.1 Å². The highest BCUT2D eigenvalue weighted by Crippen LogP contribution is 2.31. The number of benzene rings is 2. The van der Waals surface area contributed by atoms with Gasteiger partial charge in [-0.15, -0.1) is 0 Å². The standard InChI is InChI=1S/C22H21ClN2O3S/c1-14-20(19(25-28-14)13-24-29(27)22(2,3)4)17-7-5-6-8-18(17)21(26)15-9-11-16(23)12-10-15/h5-13H,1-4H3. The van der Waals surface area contributed by atoms with E-state index in [1.165, 1.54) is 6.21 Å². The van der Waals surface area contributed by atoms with E-state index in [0.717, 1.165) is 0 Å². The molecule has 1 aromatic heterocycles. The zero-order chi connectivity index (χ0) is 21.2. The van der Waals surface area contributed by atoms with Crippen molar-refractivity contribution in [2.75, 3.05) is 0 Å². The first-order valence-corrected chi connectivity index (χ1v) is 10.5. The van der Waals surface area contributed by atoms with Crippen LogP contribution in [0.4, 0.5) is 0 Å². The highest BCUT2D eigenvalue weighted by Gasteiger charge is 2.22. The van der Waals surface area contributed by atoms with Gasteiger partial charge in [0.15, 0.2) is 5.78 Å². The molecule has 0 fully saturated rings. The molecular weight excluding hydrogens is 408 g/mol. The molecule has 0 saturated carbocycles. The summed E-state index contributed by atoms with van der Waals surface area (Å²) in [7, 11) is -1.43. The van der Waals surface area contributed by atoms with E-state index in [-0.39, 0.29) is 5.78 Å². The largest absolute Gasteiger partial charge is 0.360 e. The van der Waals surface area contributed by atoms with Gasteiger partial charge in [0.25, 0.3) is 0 Å². The molecule has 3 aromatic rings. The van der Waals surface area contributed by atoms with Crippen LogP contribution >= 0.6 is 11.6 Å². The van der Waals surface area contributed by atoms with Crippen LogP contribution in [0.1, 0.15) is 48.1 Å². The third-order valence-corrected chi connectivity index (χ3v) is 5.83. The van der Waals surface area contributed by atoms with Gasteiger partial charge >= 0.3 is 0 Å². The van der Waals surface area contributed by atoms with Crippen molar-refractivity contribution < 1.29 is 13.5 Å². The average Bonchev–Trinajstić information content (AvgIpc) is 3.05. The summed E-state index contributed by atoms with van der Waals surface area (Å²) < 4.78 is 21.3. The molecule has 0 saturated heterocycles. The predicted molar refractivity (Wildman–Crippen MR) is 117 cm³/mol. The van der Waals surface area contributed by atoms with Crippen molar-refractivity contribution in [3.05, 3.63) is 76.1 Å². The van der Waals surface area contributed by atoms with Crippen LogP contribution in [-0.2, 0) is 11.0 Å². The lowest BCUT2D eigenvalue weighted by molar-refractivity contribution is 0.103. The average molecular weight is 429 g/mol. The lowest BCUT2D eigenvalue weighted by Gasteiger charge is -2.12. The van der Waals surface area contributed by atoms with Gasteiger partial charge in [-0.05, 0) is 57.5 Å². The van der Waals surface area contributed by atoms with Gasteiger partial charge in [-0.2, -0.15) is 4.40 Å². The molecule has 7 heteroatoms. The second-order valence-corrected chi connectivity index (χ2v) is 9.85. The molecule has 150 valence electrons. The number of nitrogens with zero attached hydrogens (tertiary/aromatic N) is 2. The van der Waals surface area contributed by atoms with Crippen molar-refractivity contribution in [3.63, 3.8) is 0 Å². The first kappa shape index (κ1) is 21.1. The molecule has 1 atom stereocenters. The number of hydrogen-bond donors (Lipinski definition) is 0. The number of rotatable bonds is 5. The van der Waals surface area contributed by atoms with Crippen molar-refractivity contribution in [2.45, 2.75) is 32.4 Å². The van der Waals surface area contributed by atoms with Gasteiger partial charge in [0.2, 0.25) is 0 Å². The number of carbonyl (C=O) groups is 1. The molecule has 0 aliphatic rings. The Hall–Kier alpha value is -2.57. The summed E-state index contributed by atoms with van der Waals surface area (Å²) in [4.78, 5) is 13.1. The number of hydrogen-bond acceptors (Lipinski definition) is 4. The second-order valence-electron chi connectivity index (χ2n) is 7.48. The highest BCUT2D eigenvalue weighted by molar-refractivity contribution is 7.85. The van der Waals surface area contributed by atoms with E-state index in [2.05, 4.69) is 9.55 Å². The first-order valence-electron chi connectivity index (χ1n) is 9.00. The Bertz CT molecular complexity index is 1100. The zero-order valence-electron chi connectivity index (χ0n) is 16.6. The molecule has 3 rings (SSSR count). The van der Waals surface area contributed by atoms with Crippen LogP contribution in [0.25, 0.3) is 11.1 Å². The minimum atomic E-state index is -1.43. The molecule has 1 unspecified atom stereocenters. The maximum Gasteiger partial charge on any atom is 0.193 e. The predicted octanol–water partition coefficient (Wildman–Crippen LogP) is 5.42. The topological polar surface area (TPSA) is 72.5 Å². The minimum absolute atomic E-state index is 0.140. The number of halogens is 1. The van der Waals surface area contributed by atoms with Gasteiger partial charge in [0.1, 0.15) is 22.4 Å². The monoisotopic (exact) mass is 428 g/mol. The molecule has 2 aromatic carbocycles. The van der Waals surface area contributed by atoms with Crippen molar-refractivity contribution in [3.8, 4) is 11.1 Å². The van der Waals surface area contributed by atoms with E-state index in [9.17, 15) is 9.00 Å². The van der Waals surface area contributed by atoms with Crippen LogP contribution in [0, 0.1) is 6.92 Å². The summed E-state index contributed by atoms with van der Waals surface area (Å²) in [5.74, 6) is 0.406. The Morgan fingerprint density at radius 3 is 2.45 bits per heavy atom. The normalized spacial score (nSPS) is 13.0. The van der Waals surface area contributed by atoms with Gasteiger partial charge in [0.05, 0.1) is 16.5 Å². The van der Waals surface area contributed by atoms with E-state index in [4.69, 9.17) is 16.1 Å². The van der Waals surface area contributed by atoms with Crippen molar-refractivity contribution in [1.29, 1.82) is 0 Å². The molecule has 1 heterocycles.